The molecule has 8 N–H and O–H groups in total. The first-order chi connectivity index (χ1) is 8.31. The summed E-state index contributed by atoms with van der Waals surface area (Å²) in [6.07, 6.45) is 0. The summed E-state index contributed by atoms with van der Waals surface area (Å²) >= 11 is 0. The number of anilines is 2. The predicted molar refractivity (Wildman–Crippen MR) is 60.4 cm³/mol. The van der Waals surface area contributed by atoms with Crippen LogP contribution in [0.1, 0.15) is 5.69 Å². The van der Waals surface area contributed by atoms with Crippen molar-refractivity contribution < 1.29 is 9.59 Å². The van der Waals surface area contributed by atoms with Crippen molar-refractivity contribution in [2.24, 2.45) is 30.2 Å². The van der Waals surface area contributed by atoms with E-state index in [1.54, 1.807) is 6.07 Å². The monoisotopic (exact) mass is 253 g/mol. The number of amides is 4. The molecule has 0 fully saturated rings. The highest BCUT2D eigenvalue weighted by atomic mass is 16.2. The number of nitriles is 1. The van der Waals surface area contributed by atoms with Gasteiger partial charge in [0.25, 0.3) is 0 Å². The van der Waals surface area contributed by atoms with Gasteiger partial charge in [-0.1, -0.05) is 0 Å². The summed E-state index contributed by atoms with van der Waals surface area (Å²) in [5.41, 5.74) is 9.54. The van der Waals surface area contributed by atoms with Crippen LogP contribution in [-0.4, -0.2) is 21.8 Å². The van der Waals surface area contributed by atoms with E-state index < -0.39 is 12.1 Å². The molecule has 0 aliphatic heterocycles. The number of aryl methyl sites for hydroxylation is 1. The van der Waals surface area contributed by atoms with Crippen molar-refractivity contribution in [2.45, 2.75) is 0 Å². The largest absolute Gasteiger partial charge is 0.350 e. The van der Waals surface area contributed by atoms with Crippen LogP contribution < -0.4 is 33.2 Å². The number of urea groups is 2. The Hall–Kier alpha value is -2.84. The first kappa shape index (κ1) is 13.2. The third-order valence-corrected chi connectivity index (χ3v) is 2.04. The lowest BCUT2D eigenvalue weighted by Crippen LogP contribution is -2.46. The summed E-state index contributed by atoms with van der Waals surface area (Å²) < 4.78 is 1.07. The van der Waals surface area contributed by atoms with E-state index in [2.05, 4.69) is 5.10 Å². The predicted octanol–water partition coefficient (Wildman–Crippen LogP) is -2.19. The molecule has 0 atom stereocenters. The summed E-state index contributed by atoms with van der Waals surface area (Å²) in [6.45, 7) is 0. The molecule has 4 amide bonds. The first-order valence-corrected chi connectivity index (χ1v) is 4.46. The van der Waals surface area contributed by atoms with Crippen LogP contribution in [0.2, 0.25) is 0 Å². The van der Waals surface area contributed by atoms with Crippen molar-refractivity contribution in [3.8, 4) is 6.07 Å². The third-order valence-electron chi connectivity index (χ3n) is 2.04. The van der Waals surface area contributed by atoms with Crippen molar-refractivity contribution in [3.63, 3.8) is 0 Å². The summed E-state index contributed by atoms with van der Waals surface area (Å²) in [7, 11) is 1.39. The minimum Gasteiger partial charge on any atom is -0.350 e. The first-order valence-electron chi connectivity index (χ1n) is 4.46. The van der Waals surface area contributed by atoms with Gasteiger partial charge in [-0.3, -0.25) is 0 Å². The van der Waals surface area contributed by atoms with E-state index >= 15 is 0 Å². The van der Waals surface area contributed by atoms with Crippen LogP contribution in [0.25, 0.3) is 0 Å². The number of hydrogen-bond acceptors (Lipinski definition) is 6. The number of nitrogens with two attached hydrogens (primary N) is 4. The SMILES string of the molecule is Cn1nc(C#N)c(N(N)C(N)=O)c1N(N)C(N)=O. The Morgan fingerprint density at radius 1 is 1.28 bits per heavy atom. The number of rotatable bonds is 2. The number of nitrogens with zero attached hydrogens (tertiary/aromatic N) is 5. The zero-order valence-corrected chi connectivity index (χ0v) is 9.36. The molecular weight excluding hydrogens is 242 g/mol. The number of carbonyl (C=O) groups excluding carboxylic acids is 2. The smallest absolute Gasteiger partial charge is 0.335 e. The number of primary amides is 2. The van der Waals surface area contributed by atoms with Crippen LogP contribution in [0.15, 0.2) is 0 Å². The molecule has 1 heterocycles. The highest BCUT2D eigenvalue weighted by molar-refractivity contribution is 5.99. The molecule has 18 heavy (non-hydrogen) atoms. The Labute approximate surface area is 101 Å². The van der Waals surface area contributed by atoms with Gasteiger partial charge in [0, 0.05) is 7.05 Å². The molecule has 0 aliphatic rings. The van der Waals surface area contributed by atoms with Gasteiger partial charge in [-0.15, -0.1) is 0 Å². The minimum absolute atomic E-state index is 0.139. The fourth-order valence-electron chi connectivity index (χ4n) is 1.29. The number of hydrogen-bond donors (Lipinski definition) is 4. The highest BCUT2D eigenvalue weighted by Gasteiger charge is 2.27. The zero-order valence-electron chi connectivity index (χ0n) is 9.36. The molecule has 11 nitrogen and oxygen atoms in total. The second-order valence-electron chi connectivity index (χ2n) is 3.17. The van der Waals surface area contributed by atoms with E-state index in [1.165, 1.54) is 7.05 Å². The van der Waals surface area contributed by atoms with Gasteiger partial charge in [-0.2, -0.15) is 10.4 Å². The van der Waals surface area contributed by atoms with Crippen molar-refractivity contribution in [1.29, 1.82) is 5.26 Å². The molecule has 96 valence electrons. The van der Waals surface area contributed by atoms with Crippen LogP contribution in [0.3, 0.4) is 0 Å². The normalized spacial score (nSPS) is 9.67. The van der Waals surface area contributed by atoms with Gasteiger partial charge in [-0.05, 0) is 0 Å². The lowest BCUT2D eigenvalue weighted by atomic mass is 10.3. The van der Waals surface area contributed by atoms with Crippen molar-refractivity contribution in [3.05, 3.63) is 5.69 Å². The van der Waals surface area contributed by atoms with Gasteiger partial charge in [0.15, 0.2) is 11.5 Å². The second kappa shape index (κ2) is 4.57. The molecule has 0 saturated heterocycles. The average molecular weight is 253 g/mol. The Bertz CT molecular complexity index is 542. The van der Waals surface area contributed by atoms with Crippen LogP contribution in [0, 0.1) is 11.3 Å². The Kier molecular flexibility index (Phi) is 3.36. The van der Waals surface area contributed by atoms with E-state index in [1.807, 2.05) is 0 Å². The Morgan fingerprint density at radius 2 is 1.78 bits per heavy atom. The molecule has 0 unspecified atom stereocenters. The highest BCUT2D eigenvalue weighted by Crippen LogP contribution is 2.29. The zero-order chi connectivity index (χ0) is 14.0. The fourth-order valence-corrected chi connectivity index (χ4v) is 1.29. The van der Waals surface area contributed by atoms with Gasteiger partial charge in [0.1, 0.15) is 11.8 Å². The lowest BCUT2D eigenvalue weighted by Gasteiger charge is -2.19. The number of carbonyl (C=O) groups is 2. The maximum Gasteiger partial charge on any atom is 0.335 e. The van der Waals surface area contributed by atoms with Gasteiger partial charge in [0.2, 0.25) is 0 Å². The van der Waals surface area contributed by atoms with Crippen molar-refractivity contribution in [1.82, 2.24) is 9.78 Å². The molecule has 1 aromatic heterocycles. The van der Waals surface area contributed by atoms with Gasteiger partial charge >= 0.3 is 12.1 Å². The van der Waals surface area contributed by atoms with Crippen molar-refractivity contribution in [2.75, 3.05) is 10.0 Å². The van der Waals surface area contributed by atoms with Crippen molar-refractivity contribution >= 4 is 23.6 Å². The van der Waals surface area contributed by atoms with E-state index in [0.29, 0.717) is 10.0 Å². The topological polar surface area (TPSA) is 186 Å². The number of aromatic nitrogens is 2. The van der Waals surface area contributed by atoms with Crippen LogP contribution in [-0.2, 0) is 7.05 Å². The molecule has 0 radical (unpaired) electrons. The Balaban J connectivity index is 3.51. The molecular formula is C7H11N9O2. The minimum atomic E-state index is -1.06. The van der Waals surface area contributed by atoms with E-state index in [9.17, 15) is 9.59 Å². The quantitative estimate of drug-likeness (QED) is 0.263. The van der Waals surface area contributed by atoms with Gasteiger partial charge in [0.05, 0.1) is 0 Å². The maximum absolute atomic E-state index is 11.0. The van der Waals surface area contributed by atoms with E-state index in [0.717, 1.165) is 4.68 Å². The molecule has 0 saturated carbocycles. The lowest BCUT2D eigenvalue weighted by molar-refractivity contribution is 0.252. The summed E-state index contributed by atoms with van der Waals surface area (Å²) in [6, 6.07) is -0.392. The average Bonchev–Trinajstić information content (AvgIpc) is 2.63. The van der Waals surface area contributed by atoms with Crippen LogP contribution in [0.4, 0.5) is 21.1 Å². The molecule has 0 aliphatic carbocycles. The summed E-state index contributed by atoms with van der Waals surface area (Å²) in [4.78, 5) is 22.0. The molecule has 0 spiro atoms. The summed E-state index contributed by atoms with van der Waals surface area (Å²) in [5.74, 6) is 10.6. The molecule has 11 heteroatoms. The number of hydrazine groups is 2. The van der Waals surface area contributed by atoms with Gasteiger partial charge < -0.3 is 11.5 Å². The molecule has 1 rings (SSSR count). The van der Waals surface area contributed by atoms with Crippen LogP contribution in [0.5, 0.6) is 0 Å². The molecule has 0 bridgehead atoms. The van der Waals surface area contributed by atoms with Gasteiger partial charge in [-0.25, -0.2) is 36.0 Å². The molecule has 1 aromatic rings. The fraction of sp³-hybridized carbons (Fsp3) is 0.143. The summed E-state index contributed by atoms with van der Waals surface area (Å²) in [5, 5.41) is 13.5. The molecule has 0 aromatic carbocycles. The van der Waals surface area contributed by atoms with Crippen LogP contribution >= 0.6 is 0 Å². The second-order valence-corrected chi connectivity index (χ2v) is 3.17. The Morgan fingerprint density at radius 3 is 2.17 bits per heavy atom. The standard InChI is InChI=1S/C7H11N9O2/c1-14-5(16(12)7(10)18)4(3(2-8)13-14)15(11)6(9)17/h11-12H2,1H3,(H2,9,17)(H2,10,18). The van der Waals surface area contributed by atoms with E-state index in [4.69, 9.17) is 28.4 Å². The van der Waals surface area contributed by atoms with E-state index in [-0.39, 0.29) is 17.2 Å². The maximum atomic E-state index is 11.0. The third kappa shape index (κ3) is 2.00.